The zero-order valence-corrected chi connectivity index (χ0v) is 11.7. The summed E-state index contributed by atoms with van der Waals surface area (Å²) >= 11 is 0. The molecule has 0 bridgehead atoms. The van der Waals surface area contributed by atoms with Crippen molar-refractivity contribution in [2.24, 2.45) is 5.92 Å². The van der Waals surface area contributed by atoms with E-state index in [1.54, 1.807) is 4.52 Å². The van der Waals surface area contributed by atoms with Crippen LogP contribution in [0.5, 0.6) is 0 Å². The summed E-state index contributed by atoms with van der Waals surface area (Å²) in [6.45, 7) is 10.3. The fourth-order valence-electron chi connectivity index (χ4n) is 2.39. The summed E-state index contributed by atoms with van der Waals surface area (Å²) in [6.07, 6.45) is 0.858. The number of pyridine rings is 1. The molecule has 18 heavy (non-hydrogen) atoms. The molecule has 4 nitrogen and oxygen atoms in total. The van der Waals surface area contributed by atoms with Crippen molar-refractivity contribution in [3.63, 3.8) is 0 Å². The maximum absolute atomic E-state index is 12.4. The Bertz CT molecular complexity index is 620. The molecule has 0 atom stereocenters. The van der Waals surface area contributed by atoms with Crippen LogP contribution in [0.25, 0.3) is 5.65 Å². The van der Waals surface area contributed by atoms with E-state index in [4.69, 9.17) is 0 Å². The third-order valence-electron chi connectivity index (χ3n) is 3.10. The largest absolute Gasteiger partial charge is 0.276 e. The Labute approximate surface area is 107 Å². The number of aromatic amines is 1. The van der Waals surface area contributed by atoms with Crippen LogP contribution < -0.4 is 5.56 Å². The highest BCUT2D eigenvalue weighted by Crippen LogP contribution is 2.16. The molecule has 1 N–H and O–H groups in total. The lowest BCUT2D eigenvalue weighted by Crippen LogP contribution is -2.21. The second kappa shape index (κ2) is 4.59. The summed E-state index contributed by atoms with van der Waals surface area (Å²) in [5.41, 5.74) is 2.64. The topological polar surface area (TPSA) is 50.2 Å². The Balaban J connectivity index is 2.63. The van der Waals surface area contributed by atoms with Gasteiger partial charge in [-0.15, -0.1) is 0 Å². The van der Waals surface area contributed by atoms with Crippen LogP contribution in [-0.4, -0.2) is 14.6 Å². The average Bonchev–Trinajstić information content (AvgIpc) is 2.58. The zero-order chi connectivity index (χ0) is 13.4. The first kappa shape index (κ1) is 12.9. The quantitative estimate of drug-likeness (QED) is 0.906. The Morgan fingerprint density at radius 1 is 1.33 bits per heavy atom. The van der Waals surface area contributed by atoms with E-state index in [-0.39, 0.29) is 11.5 Å². The van der Waals surface area contributed by atoms with E-state index in [9.17, 15) is 4.79 Å². The van der Waals surface area contributed by atoms with Gasteiger partial charge in [-0.3, -0.25) is 9.89 Å². The SMILES string of the molecule is Cc1cc2nc(CC(C)C)[nH]n2c(=O)c1C(C)C. The first-order valence-electron chi connectivity index (χ1n) is 6.51. The van der Waals surface area contributed by atoms with Gasteiger partial charge in [-0.1, -0.05) is 27.7 Å². The smallest absolute Gasteiger partial charge is 0.274 e. The minimum atomic E-state index is 0.0301. The van der Waals surface area contributed by atoms with Crippen LogP contribution in [0.2, 0.25) is 0 Å². The molecular weight excluding hydrogens is 226 g/mol. The van der Waals surface area contributed by atoms with Crippen molar-refractivity contribution < 1.29 is 0 Å². The highest BCUT2D eigenvalue weighted by molar-refractivity contribution is 5.44. The molecule has 98 valence electrons. The zero-order valence-electron chi connectivity index (χ0n) is 11.7. The highest BCUT2D eigenvalue weighted by Gasteiger charge is 2.14. The van der Waals surface area contributed by atoms with Gasteiger partial charge in [0.15, 0.2) is 5.65 Å². The molecule has 0 aliphatic rings. The fourth-order valence-corrected chi connectivity index (χ4v) is 2.39. The van der Waals surface area contributed by atoms with Crippen LogP contribution in [0.1, 0.15) is 50.6 Å². The molecule has 0 saturated heterocycles. The molecule has 2 rings (SSSR count). The number of nitrogens with one attached hydrogen (secondary N) is 1. The summed E-state index contributed by atoms with van der Waals surface area (Å²) in [5.74, 6) is 1.63. The molecule has 0 fully saturated rings. The summed E-state index contributed by atoms with van der Waals surface area (Å²) in [5, 5.41) is 3.11. The van der Waals surface area contributed by atoms with Crippen LogP contribution >= 0.6 is 0 Å². The summed E-state index contributed by atoms with van der Waals surface area (Å²) in [6, 6.07) is 1.98. The van der Waals surface area contributed by atoms with Crippen LogP contribution in [0, 0.1) is 12.8 Å². The lowest BCUT2D eigenvalue weighted by molar-refractivity contribution is 0.618. The Morgan fingerprint density at radius 3 is 2.56 bits per heavy atom. The molecule has 2 aromatic rings. The molecule has 0 aliphatic carbocycles. The lowest BCUT2D eigenvalue weighted by Gasteiger charge is -2.08. The number of hydrogen-bond donors (Lipinski definition) is 1. The molecule has 0 saturated carbocycles. The van der Waals surface area contributed by atoms with Crippen molar-refractivity contribution in [3.8, 4) is 0 Å². The van der Waals surface area contributed by atoms with Gasteiger partial charge in [-0.05, 0) is 30.4 Å². The maximum Gasteiger partial charge on any atom is 0.274 e. The molecule has 2 aromatic heterocycles. The monoisotopic (exact) mass is 247 g/mol. The highest BCUT2D eigenvalue weighted by atomic mass is 16.1. The van der Waals surface area contributed by atoms with Crippen molar-refractivity contribution in [1.29, 1.82) is 0 Å². The number of fused-ring (bicyclic) bond motifs is 1. The van der Waals surface area contributed by atoms with E-state index in [2.05, 4.69) is 23.9 Å². The predicted octanol–water partition coefficient (Wildman–Crippen LogP) is 2.65. The molecule has 0 aromatic carbocycles. The van der Waals surface area contributed by atoms with Crippen molar-refractivity contribution in [1.82, 2.24) is 14.6 Å². The van der Waals surface area contributed by atoms with Gasteiger partial charge >= 0.3 is 0 Å². The summed E-state index contributed by atoms with van der Waals surface area (Å²) in [4.78, 5) is 16.9. The number of H-pyrrole nitrogens is 1. The third-order valence-corrected chi connectivity index (χ3v) is 3.10. The van der Waals surface area contributed by atoms with Gasteiger partial charge in [-0.2, -0.15) is 4.52 Å². The molecule has 2 heterocycles. The van der Waals surface area contributed by atoms with E-state index < -0.39 is 0 Å². The van der Waals surface area contributed by atoms with Gasteiger partial charge in [0.25, 0.3) is 5.56 Å². The minimum absolute atomic E-state index is 0.0301. The fraction of sp³-hybridized carbons (Fsp3) is 0.571. The van der Waals surface area contributed by atoms with Crippen LogP contribution in [-0.2, 0) is 6.42 Å². The number of nitrogens with zero attached hydrogens (tertiary/aromatic N) is 2. The van der Waals surface area contributed by atoms with Gasteiger partial charge < -0.3 is 0 Å². The van der Waals surface area contributed by atoms with Gasteiger partial charge in [0.1, 0.15) is 5.82 Å². The predicted molar refractivity (Wildman–Crippen MR) is 73.2 cm³/mol. The van der Waals surface area contributed by atoms with Gasteiger partial charge in [0.05, 0.1) is 0 Å². The van der Waals surface area contributed by atoms with Gasteiger partial charge in [0, 0.05) is 12.0 Å². The molecule has 0 unspecified atom stereocenters. The molecule has 0 amide bonds. The molecule has 0 spiro atoms. The van der Waals surface area contributed by atoms with Crippen molar-refractivity contribution >= 4 is 5.65 Å². The van der Waals surface area contributed by atoms with Crippen LogP contribution in [0.3, 0.4) is 0 Å². The first-order chi connectivity index (χ1) is 8.40. The normalized spacial score (nSPS) is 11.9. The van der Waals surface area contributed by atoms with Crippen molar-refractivity contribution in [3.05, 3.63) is 33.4 Å². The van der Waals surface area contributed by atoms with Crippen LogP contribution in [0.4, 0.5) is 0 Å². The van der Waals surface area contributed by atoms with Gasteiger partial charge in [-0.25, -0.2) is 4.98 Å². The van der Waals surface area contributed by atoms with E-state index in [1.807, 2.05) is 26.8 Å². The Hall–Kier alpha value is -1.58. The number of rotatable bonds is 3. The summed E-state index contributed by atoms with van der Waals surface area (Å²) < 4.78 is 1.57. The van der Waals surface area contributed by atoms with Gasteiger partial charge in [0.2, 0.25) is 0 Å². The van der Waals surface area contributed by atoms with E-state index >= 15 is 0 Å². The second-order valence-electron chi connectivity index (χ2n) is 5.66. The lowest BCUT2D eigenvalue weighted by atomic mass is 10.0. The van der Waals surface area contributed by atoms with Crippen molar-refractivity contribution in [2.45, 2.75) is 47.0 Å². The number of hydrogen-bond acceptors (Lipinski definition) is 2. The molecule has 0 aliphatic heterocycles. The van der Waals surface area contributed by atoms with Crippen LogP contribution in [0.15, 0.2) is 10.9 Å². The maximum atomic E-state index is 12.4. The van der Waals surface area contributed by atoms with E-state index in [0.29, 0.717) is 5.92 Å². The second-order valence-corrected chi connectivity index (χ2v) is 5.66. The first-order valence-corrected chi connectivity index (χ1v) is 6.51. The average molecular weight is 247 g/mol. The van der Waals surface area contributed by atoms with E-state index in [0.717, 1.165) is 29.0 Å². The molecule has 4 heteroatoms. The minimum Gasteiger partial charge on any atom is -0.276 e. The molecule has 0 radical (unpaired) electrons. The number of aryl methyl sites for hydroxylation is 1. The summed E-state index contributed by atoms with van der Waals surface area (Å²) in [7, 11) is 0. The Morgan fingerprint density at radius 2 is 2.00 bits per heavy atom. The molecular formula is C14H21N3O. The Kier molecular flexibility index (Phi) is 3.28. The third kappa shape index (κ3) is 2.19. The number of aromatic nitrogens is 3. The standard InChI is InChI=1S/C14H21N3O/c1-8(2)6-11-15-12-7-10(5)13(9(3)4)14(18)17(12)16-11/h7-9H,6H2,1-5H3,(H,15,16). The van der Waals surface area contributed by atoms with E-state index in [1.165, 1.54) is 0 Å². The van der Waals surface area contributed by atoms with Crippen molar-refractivity contribution in [2.75, 3.05) is 0 Å².